The highest BCUT2D eigenvalue weighted by atomic mass is 16.5. The molecule has 0 saturated carbocycles. The molecule has 1 atom stereocenters. The number of nitrogens with one attached hydrogen (secondary N) is 1. The maximum Gasteiger partial charge on any atom is 0.224 e. The topological polar surface area (TPSA) is 95.3 Å². The van der Waals surface area contributed by atoms with Gasteiger partial charge in [-0.25, -0.2) is 0 Å². The molecular formula is C23H28N4O3. The number of aromatic nitrogens is 1. The van der Waals surface area contributed by atoms with Crippen LogP contribution in [0.25, 0.3) is 10.9 Å². The Morgan fingerprint density at radius 3 is 3.00 bits per heavy atom. The first-order valence-corrected chi connectivity index (χ1v) is 10.6. The molecule has 0 bridgehead atoms. The summed E-state index contributed by atoms with van der Waals surface area (Å²) in [7, 11) is 0. The van der Waals surface area contributed by atoms with Gasteiger partial charge in [-0.3, -0.25) is 14.6 Å². The van der Waals surface area contributed by atoms with Crippen LogP contribution in [0.5, 0.6) is 5.75 Å². The van der Waals surface area contributed by atoms with Gasteiger partial charge in [0.25, 0.3) is 0 Å². The van der Waals surface area contributed by atoms with Crippen LogP contribution in [-0.2, 0) is 4.79 Å². The zero-order valence-electron chi connectivity index (χ0n) is 17.4. The van der Waals surface area contributed by atoms with Gasteiger partial charge in [0.1, 0.15) is 11.8 Å². The van der Waals surface area contributed by atoms with Crippen LogP contribution >= 0.6 is 0 Å². The molecule has 3 rings (SSSR count). The lowest BCUT2D eigenvalue weighted by Crippen LogP contribution is -2.34. The molecule has 158 valence electrons. The second-order valence-corrected chi connectivity index (χ2v) is 7.39. The normalized spacial score (nSPS) is 15.9. The average molecular weight is 409 g/mol. The first kappa shape index (κ1) is 21.7. The molecule has 1 aliphatic rings. The maximum atomic E-state index is 12.9. The minimum Gasteiger partial charge on any atom is -0.494 e. The second kappa shape index (κ2) is 10.7. The van der Waals surface area contributed by atoms with Crippen LogP contribution in [0.15, 0.2) is 30.5 Å². The molecule has 1 saturated heterocycles. The number of rotatable bonds is 10. The fraction of sp³-hybridized carbons (Fsp3) is 0.478. The molecule has 0 spiro atoms. The second-order valence-electron chi connectivity index (χ2n) is 7.39. The van der Waals surface area contributed by atoms with Crippen molar-refractivity contribution in [3.63, 3.8) is 0 Å². The minimum absolute atomic E-state index is 0.104. The quantitative estimate of drug-likeness (QED) is 0.479. The van der Waals surface area contributed by atoms with Crippen molar-refractivity contribution in [2.75, 3.05) is 26.2 Å². The summed E-state index contributed by atoms with van der Waals surface area (Å²) in [6.45, 7) is 5.08. The number of hydrogen-bond donors (Lipinski definition) is 1. The van der Waals surface area contributed by atoms with Crippen molar-refractivity contribution in [3.05, 3.63) is 36.0 Å². The van der Waals surface area contributed by atoms with Crippen LogP contribution in [0.4, 0.5) is 0 Å². The Hall–Kier alpha value is -2.98. The summed E-state index contributed by atoms with van der Waals surface area (Å²) in [5.74, 6) is 0.467. The molecule has 30 heavy (non-hydrogen) atoms. The lowest BCUT2D eigenvalue weighted by molar-refractivity contribution is -0.131. The number of amides is 1. The number of nitriles is 1. The molecule has 1 aromatic carbocycles. The number of likely N-dealkylation sites (tertiary alicyclic amines) is 1. The van der Waals surface area contributed by atoms with Gasteiger partial charge in [0.2, 0.25) is 5.91 Å². The first-order valence-electron chi connectivity index (χ1n) is 10.6. The third-order valence-corrected chi connectivity index (χ3v) is 5.32. The van der Waals surface area contributed by atoms with Gasteiger partial charge < -0.3 is 15.0 Å². The van der Waals surface area contributed by atoms with Crippen molar-refractivity contribution >= 4 is 22.6 Å². The Morgan fingerprint density at radius 1 is 1.33 bits per heavy atom. The molecule has 2 heterocycles. The first-order chi connectivity index (χ1) is 14.6. The van der Waals surface area contributed by atoms with Gasteiger partial charge in [-0.2, -0.15) is 5.26 Å². The smallest absolute Gasteiger partial charge is 0.224 e. The van der Waals surface area contributed by atoms with E-state index in [1.54, 1.807) is 17.2 Å². The van der Waals surface area contributed by atoms with Crippen molar-refractivity contribution in [2.24, 2.45) is 0 Å². The fourth-order valence-corrected chi connectivity index (χ4v) is 3.72. The Labute approximate surface area is 177 Å². The number of Topliss-reactive ketones (excluding diaryl/α,β-unsaturated/α-hetero) is 1. The summed E-state index contributed by atoms with van der Waals surface area (Å²) in [5.41, 5.74) is 1.26. The van der Waals surface area contributed by atoms with E-state index in [0.29, 0.717) is 30.9 Å². The van der Waals surface area contributed by atoms with Crippen LogP contribution < -0.4 is 10.1 Å². The summed E-state index contributed by atoms with van der Waals surface area (Å²) in [6.07, 6.45) is 4.28. The molecule has 1 aliphatic heterocycles. The number of hydrogen-bond acceptors (Lipinski definition) is 6. The van der Waals surface area contributed by atoms with E-state index in [9.17, 15) is 9.59 Å². The van der Waals surface area contributed by atoms with Crippen molar-refractivity contribution in [3.8, 4) is 11.8 Å². The number of nitrogens with zero attached hydrogens (tertiary/aromatic N) is 3. The molecule has 0 radical (unpaired) electrons. The predicted octanol–water partition coefficient (Wildman–Crippen LogP) is 3.09. The highest BCUT2D eigenvalue weighted by molar-refractivity contribution is 6.08. The molecule has 1 fully saturated rings. The molecule has 1 aromatic heterocycles. The van der Waals surface area contributed by atoms with E-state index >= 15 is 0 Å². The van der Waals surface area contributed by atoms with E-state index in [2.05, 4.69) is 23.3 Å². The number of ketones is 1. The van der Waals surface area contributed by atoms with Crippen LogP contribution in [0, 0.1) is 11.3 Å². The van der Waals surface area contributed by atoms with Crippen LogP contribution in [0.1, 0.15) is 49.4 Å². The summed E-state index contributed by atoms with van der Waals surface area (Å²) in [4.78, 5) is 31.2. The average Bonchev–Trinajstić information content (AvgIpc) is 3.25. The van der Waals surface area contributed by atoms with Gasteiger partial charge in [-0.1, -0.05) is 6.92 Å². The number of ether oxygens (including phenoxy) is 1. The third kappa shape index (κ3) is 5.33. The minimum atomic E-state index is -0.360. The van der Waals surface area contributed by atoms with E-state index in [4.69, 9.17) is 10.00 Å². The van der Waals surface area contributed by atoms with E-state index in [-0.39, 0.29) is 30.6 Å². The fourth-order valence-electron chi connectivity index (χ4n) is 3.72. The highest BCUT2D eigenvalue weighted by Crippen LogP contribution is 2.25. The number of benzene rings is 1. The van der Waals surface area contributed by atoms with Crippen molar-refractivity contribution < 1.29 is 14.3 Å². The Balaban J connectivity index is 1.65. The molecule has 7 heteroatoms. The van der Waals surface area contributed by atoms with Crippen LogP contribution in [-0.4, -0.2) is 53.9 Å². The van der Waals surface area contributed by atoms with E-state index < -0.39 is 0 Å². The van der Waals surface area contributed by atoms with Crippen molar-refractivity contribution in [1.82, 2.24) is 15.2 Å². The summed E-state index contributed by atoms with van der Waals surface area (Å²) in [6, 6.07) is 9.05. The summed E-state index contributed by atoms with van der Waals surface area (Å²) >= 11 is 0. The summed E-state index contributed by atoms with van der Waals surface area (Å²) in [5, 5.41) is 13.1. The molecule has 2 aromatic rings. The lowest BCUT2D eigenvalue weighted by Gasteiger charge is -2.19. The van der Waals surface area contributed by atoms with Crippen LogP contribution in [0.2, 0.25) is 0 Å². The van der Waals surface area contributed by atoms with Gasteiger partial charge in [0, 0.05) is 36.5 Å². The largest absolute Gasteiger partial charge is 0.494 e. The lowest BCUT2D eigenvalue weighted by atomic mass is 10.0. The Morgan fingerprint density at radius 2 is 2.20 bits per heavy atom. The van der Waals surface area contributed by atoms with Gasteiger partial charge in [0.05, 0.1) is 18.2 Å². The van der Waals surface area contributed by atoms with Crippen molar-refractivity contribution in [2.45, 2.75) is 45.1 Å². The molecule has 1 N–H and O–H groups in total. The van der Waals surface area contributed by atoms with Crippen LogP contribution in [0.3, 0.4) is 0 Å². The van der Waals surface area contributed by atoms with Gasteiger partial charge >= 0.3 is 0 Å². The SMILES string of the molecule is CCNCCCOc1ccc2nccc(C(=O)CCC(=O)N3CCC[C@H]3C#N)c2c1. The monoisotopic (exact) mass is 408 g/mol. The van der Waals surface area contributed by atoms with E-state index in [1.165, 1.54) is 0 Å². The number of fused-ring (bicyclic) bond motifs is 1. The van der Waals surface area contributed by atoms with Gasteiger partial charge in [-0.15, -0.1) is 0 Å². The predicted molar refractivity (Wildman–Crippen MR) is 114 cm³/mol. The van der Waals surface area contributed by atoms with Gasteiger partial charge in [0.15, 0.2) is 5.78 Å². The number of pyridine rings is 1. The van der Waals surface area contributed by atoms with Gasteiger partial charge in [-0.05, 0) is 56.6 Å². The zero-order chi connectivity index (χ0) is 21.3. The standard InChI is InChI=1S/C23H28N4O3/c1-2-25-11-4-14-30-18-6-7-21-20(15-18)19(10-12-26-21)22(28)8-9-23(29)27-13-3-5-17(27)16-24/h6-7,10,12,15,17,25H,2-5,8-9,11,13-14H2,1H3/t17-/m0/s1. The van der Waals surface area contributed by atoms with E-state index in [0.717, 1.165) is 36.8 Å². The Kier molecular flexibility index (Phi) is 7.75. The van der Waals surface area contributed by atoms with E-state index in [1.807, 2.05) is 18.2 Å². The molecule has 0 aliphatic carbocycles. The number of carbonyl (C=O) groups excluding carboxylic acids is 2. The molecular weight excluding hydrogens is 380 g/mol. The summed E-state index contributed by atoms with van der Waals surface area (Å²) < 4.78 is 5.81. The zero-order valence-corrected chi connectivity index (χ0v) is 17.4. The van der Waals surface area contributed by atoms with Crippen molar-refractivity contribution in [1.29, 1.82) is 5.26 Å². The maximum absolute atomic E-state index is 12.9. The number of carbonyl (C=O) groups is 2. The third-order valence-electron chi connectivity index (χ3n) is 5.32. The molecule has 0 unspecified atom stereocenters. The highest BCUT2D eigenvalue weighted by Gasteiger charge is 2.28. The Bertz CT molecular complexity index is 938. The molecule has 7 nitrogen and oxygen atoms in total. The molecule has 1 amide bonds.